The molecule has 2 aromatic carbocycles. The van der Waals surface area contributed by atoms with Crippen LogP contribution in [0.15, 0.2) is 47.4 Å². The highest BCUT2D eigenvalue weighted by Crippen LogP contribution is 2.34. The number of halogens is 2. The molecule has 7 nitrogen and oxygen atoms in total. The topological polar surface area (TPSA) is 76.2 Å². The largest absolute Gasteiger partial charge is 0.484 e. The number of nitrogens with zero attached hydrogens (tertiary/aromatic N) is 2. The first-order chi connectivity index (χ1) is 15.9. The first-order valence-corrected chi connectivity index (χ1v) is 11.4. The van der Waals surface area contributed by atoms with Crippen LogP contribution in [0.3, 0.4) is 0 Å². The lowest BCUT2D eigenvalue weighted by Gasteiger charge is -2.26. The molecule has 2 saturated heterocycles. The highest BCUT2D eigenvalue weighted by atomic mass is 35.5. The maximum atomic E-state index is 13.2. The molecule has 0 bridgehead atoms. The van der Waals surface area contributed by atoms with Gasteiger partial charge in [-0.3, -0.25) is 19.3 Å². The van der Waals surface area contributed by atoms with Crippen LogP contribution in [0.4, 0.5) is 9.18 Å². The van der Waals surface area contributed by atoms with Gasteiger partial charge in [0.05, 0.1) is 24.7 Å². The van der Waals surface area contributed by atoms with E-state index in [1.807, 2.05) is 0 Å². The van der Waals surface area contributed by atoms with Crippen LogP contribution in [0.2, 0.25) is 5.02 Å². The molecule has 172 valence electrons. The molecule has 4 rings (SSSR count). The molecule has 3 amide bonds. The summed E-state index contributed by atoms with van der Waals surface area (Å²) in [6.45, 7) is 2.08. The van der Waals surface area contributed by atoms with E-state index in [1.165, 1.54) is 12.1 Å². The lowest BCUT2D eigenvalue weighted by molar-refractivity contribution is -0.137. The molecule has 0 aliphatic carbocycles. The summed E-state index contributed by atoms with van der Waals surface area (Å²) in [5, 5.41) is -0.269. The zero-order valence-electron chi connectivity index (χ0n) is 17.5. The molecule has 0 atom stereocenters. The Morgan fingerprint density at radius 3 is 2.58 bits per heavy atom. The van der Waals surface area contributed by atoms with Crippen LogP contribution in [0, 0.1) is 5.82 Å². The Labute approximate surface area is 199 Å². The van der Waals surface area contributed by atoms with E-state index in [-0.39, 0.29) is 29.0 Å². The van der Waals surface area contributed by atoms with Gasteiger partial charge in [-0.1, -0.05) is 29.8 Å². The second-order valence-electron chi connectivity index (χ2n) is 7.35. The third kappa shape index (κ3) is 5.73. The second kappa shape index (κ2) is 10.4. The van der Waals surface area contributed by atoms with Gasteiger partial charge >= 0.3 is 0 Å². The Hall–Kier alpha value is -2.88. The summed E-state index contributed by atoms with van der Waals surface area (Å²) in [6.07, 6.45) is 1.61. The average molecular weight is 491 g/mol. The van der Waals surface area contributed by atoms with E-state index in [2.05, 4.69) is 0 Å². The number of morpholine rings is 1. The zero-order chi connectivity index (χ0) is 23.4. The van der Waals surface area contributed by atoms with Crippen LogP contribution in [-0.2, 0) is 20.9 Å². The summed E-state index contributed by atoms with van der Waals surface area (Å²) in [6, 6.07) is 10.7. The van der Waals surface area contributed by atoms with Crippen molar-refractivity contribution in [1.29, 1.82) is 0 Å². The normalized spacial score (nSPS) is 17.7. The van der Waals surface area contributed by atoms with Crippen molar-refractivity contribution in [3.05, 3.63) is 69.3 Å². The number of thioether (sulfide) groups is 1. The number of hydrogen-bond donors (Lipinski definition) is 0. The van der Waals surface area contributed by atoms with Crippen molar-refractivity contribution in [2.24, 2.45) is 0 Å². The van der Waals surface area contributed by atoms with Crippen molar-refractivity contribution < 1.29 is 28.2 Å². The standard InChI is InChI=1S/C23H20ClFN2O5S/c24-19-12-17(25)4-3-16(19)13-27-22(29)20(33-23(27)30)11-15-1-5-18(6-2-15)32-14-21(28)26-7-9-31-10-8-26/h1-6,11-12H,7-10,13-14H2/b20-11+. The van der Waals surface area contributed by atoms with Crippen molar-refractivity contribution >= 4 is 46.5 Å². The third-order valence-electron chi connectivity index (χ3n) is 5.12. The van der Waals surface area contributed by atoms with Gasteiger partial charge in [0, 0.05) is 18.1 Å². The summed E-state index contributed by atoms with van der Waals surface area (Å²) in [5.41, 5.74) is 1.18. The van der Waals surface area contributed by atoms with Gasteiger partial charge in [-0.25, -0.2) is 4.39 Å². The number of benzene rings is 2. The van der Waals surface area contributed by atoms with Gasteiger partial charge < -0.3 is 14.4 Å². The third-order valence-corrected chi connectivity index (χ3v) is 6.38. The monoisotopic (exact) mass is 490 g/mol. The van der Waals surface area contributed by atoms with Gasteiger partial charge in [-0.15, -0.1) is 0 Å². The van der Waals surface area contributed by atoms with Crippen molar-refractivity contribution in [2.75, 3.05) is 32.9 Å². The molecule has 10 heteroatoms. The lowest BCUT2D eigenvalue weighted by atomic mass is 10.2. The molecule has 2 fully saturated rings. The minimum Gasteiger partial charge on any atom is -0.484 e. The van der Waals surface area contributed by atoms with E-state index in [9.17, 15) is 18.8 Å². The van der Waals surface area contributed by atoms with Crippen molar-refractivity contribution in [1.82, 2.24) is 9.80 Å². The number of amides is 3. The van der Waals surface area contributed by atoms with Crippen LogP contribution in [-0.4, -0.2) is 59.8 Å². The molecule has 2 heterocycles. The van der Waals surface area contributed by atoms with E-state index in [1.54, 1.807) is 35.2 Å². The molecule has 2 aliphatic heterocycles. The van der Waals surface area contributed by atoms with Crippen molar-refractivity contribution in [3.8, 4) is 5.75 Å². The fraction of sp³-hybridized carbons (Fsp3) is 0.261. The van der Waals surface area contributed by atoms with E-state index in [0.29, 0.717) is 43.2 Å². The first-order valence-electron chi connectivity index (χ1n) is 10.2. The Morgan fingerprint density at radius 2 is 1.88 bits per heavy atom. The second-order valence-corrected chi connectivity index (χ2v) is 8.75. The van der Waals surface area contributed by atoms with E-state index >= 15 is 0 Å². The predicted molar refractivity (Wildman–Crippen MR) is 122 cm³/mol. The predicted octanol–water partition coefficient (Wildman–Crippen LogP) is 3.95. The van der Waals surface area contributed by atoms with Gasteiger partial charge in [0.2, 0.25) is 0 Å². The smallest absolute Gasteiger partial charge is 0.293 e. The fourth-order valence-corrected chi connectivity index (χ4v) is 4.38. The minimum absolute atomic E-state index is 0.0366. The summed E-state index contributed by atoms with van der Waals surface area (Å²) in [7, 11) is 0. The Bertz CT molecular complexity index is 1100. The first kappa shape index (κ1) is 23.3. The molecular weight excluding hydrogens is 471 g/mol. The maximum Gasteiger partial charge on any atom is 0.293 e. The molecule has 0 radical (unpaired) electrons. The minimum atomic E-state index is -0.490. The average Bonchev–Trinajstić information content (AvgIpc) is 3.08. The van der Waals surface area contributed by atoms with E-state index in [4.69, 9.17) is 21.1 Å². The maximum absolute atomic E-state index is 13.2. The van der Waals surface area contributed by atoms with Gasteiger partial charge in [-0.2, -0.15) is 0 Å². The molecule has 33 heavy (non-hydrogen) atoms. The quantitative estimate of drug-likeness (QED) is 0.571. The summed E-state index contributed by atoms with van der Waals surface area (Å²) < 4.78 is 24.0. The van der Waals surface area contributed by atoms with Crippen molar-refractivity contribution in [2.45, 2.75) is 6.54 Å². The van der Waals surface area contributed by atoms with Crippen molar-refractivity contribution in [3.63, 3.8) is 0 Å². The van der Waals surface area contributed by atoms with Gasteiger partial charge in [-0.05, 0) is 53.2 Å². The number of carbonyl (C=O) groups excluding carboxylic acids is 3. The molecular formula is C23H20ClFN2O5S. The molecule has 0 N–H and O–H groups in total. The van der Waals surface area contributed by atoms with Crippen LogP contribution in [0.1, 0.15) is 11.1 Å². The van der Waals surface area contributed by atoms with Crippen LogP contribution < -0.4 is 4.74 Å². The van der Waals surface area contributed by atoms with E-state index < -0.39 is 17.0 Å². The molecule has 2 aliphatic rings. The number of imide groups is 1. The molecule has 0 unspecified atom stereocenters. The highest BCUT2D eigenvalue weighted by Gasteiger charge is 2.35. The summed E-state index contributed by atoms with van der Waals surface area (Å²) >= 11 is 6.85. The number of hydrogen-bond acceptors (Lipinski definition) is 6. The number of carbonyl (C=O) groups is 3. The van der Waals surface area contributed by atoms with Gasteiger partial charge in [0.1, 0.15) is 11.6 Å². The Morgan fingerprint density at radius 1 is 1.15 bits per heavy atom. The van der Waals surface area contributed by atoms with Crippen LogP contribution in [0.25, 0.3) is 6.08 Å². The van der Waals surface area contributed by atoms with Crippen LogP contribution >= 0.6 is 23.4 Å². The molecule has 0 saturated carbocycles. The Balaban J connectivity index is 1.36. The van der Waals surface area contributed by atoms with Gasteiger partial charge in [0.25, 0.3) is 17.1 Å². The fourth-order valence-electron chi connectivity index (χ4n) is 3.32. The molecule has 2 aromatic rings. The Kier molecular flexibility index (Phi) is 7.32. The highest BCUT2D eigenvalue weighted by molar-refractivity contribution is 8.18. The number of rotatable bonds is 6. The van der Waals surface area contributed by atoms with Gasteiger partial charge in [0.15, 0.2) is 6.61 Å². The number of ether oxygens (including phenoxy) is 2. The van der Waals surface area contributed by atoms with Crippen LogP contribution in [0.5, 0.6) is 5.75 Å². The zero-order valence-corrected chi connectivity index (χ0v) is 19.0. The lowest BCUT2D eigenvalue weighted by Crippen LogP contribution is -2.42. The summed E-state index contributed by atoms with van der Waals surface area (Å²) in [4.78, 5) is 40.3. The molecule has 0 aromatic heterocycles. The SMILES string of the molecule is O=C(COc1ccc(/C=C2/SC(=O)N(Cc3ccc(F)cc3Cl)C2=O)cc1)N1CCOCC1. The van der Waals surface area contributed by atoms with E-state index in [0.717, 1.165) is 22.7 Å². The molecule has 0 spiro atoms. The summed E-state index contributed by atoms with van der Waals surface area (Å²) in [5.74, 6) is -0.511.